The molecule has 0 aliphatic heterocycles. The predicted molar refractivity (Wildman–Crippen MR) is 84.9 cm³/mol. The number of hydrogen-bond donors (Lipinski definition) is 0. The third-order valence-corrected chi connectivity index (χ3v) is 3.63. The van der Waals surface area contributed by atoms with E-state index in [1.165, 1.54) is 0 Å². The van der Waals surface area contributed by atoms with E-state index in [1.54, 1.807) is 0 Å². The summed E-state index contributed by atoms with van der Waals surface area (Å²) in [5, 5.41) is 0.707. The largest absolute Gasteiger partial charge is 0.380 e. The molecule has 0 amide bonds. The molecule has 2 aromatic rings. The molecule has 0 aliphatic rings. The number of ether oxygens (including phenoxy) is 1. The Bertz CT molecular complexity index is 554. The first-order valence-corrected chi connectivity index (χ1v) is 7.96. The van der Waals surface area contributed by atoms with Crippen molar-refractivity contribution in [3.63, 3.8) is 0 Å². The second kappa shape index (κ2) is 7.87. The highest BCUT2D eigenvalue weighted by Crippen LogP contribution is 2.21. The first-order valence-electron chi connectivity index (χ1n) is 7.04. The molecule has 0 atom stereocenters. The van der Waals surface area contributed by atoms with E-state index in [0.29, 0.717) is 17.5 Å². The van der Waals surface area contributed by atoms with E-state index < -0.39 is 0 Å². The molecular formula is C15H20Cl2N2O. The van der Waals surface area contributed by atoms with Crippen molar-refractivity contribution in [2.45, 2.75) is 32.7 Å². The van der Waals surface area contributed by atoms with Crippen LogP contribution in [0.3, 0.4) is 0 Å². The quantitative estimate of drug-likeness (QED) is 0.537. The molecule has 0 saturated carbocycles. The highest BCUT2D eigenvalue weighted by molar-refractivity contribution is 6.31. The van der Waals surface area contributed by atoms with Crippen LogP contribution in [0.2, 0.25) is 5.02 Å². The molecular weight excluding hydrogens is 295 g/mol. The fourth-order valence-electron chi connectivity index (χ4n) is 2.18. The van der Waals surface area contributed by atoms with Gasteiger partial charge in [-0.1, -0.05) is 24.9 Å². The standard InChI is InChI=1S/C15H20Cl2N2O/c1-2-3-9-20-10-8-19-14-5-4-12(17)11-13(14)18-15(19)6-7-16/h4-5,11H,2-3,6-10H2,1H3. The van der Waals surface area contributed by atoms with Gasteiger partial charge in [-0.15, -0.1) is 11.6 Å². The van der Waals surface area contributed by atoms with Crippen LogP contribution in [0.5, 0.6) is 0 Å². The number of aromatic nitrogens is 2. The number of halogens is 2. The minimum Gasteiger partial charge on any atom is -0.380 e. The van der Waals surface area contributed by atoms with Gasteiger partial charge in [0, 0.05) is 30.5 Å². The predicted octanol–water partition coefficient (Wildman–Crippen LogP) is 4.29. The first-order chi connectivity index (χ1) is 9.76. The summed E-state index contributed by atoms with van der Waals surface area (Å²) in [5.74, 6) is 1.56. The van der Waals surface area contributed by atoms with Gasteiger partial charge in [0.25, 0.3) is 0 Å². The van der Waals surface area contributed by atoms with Gasteiger partial charge in [0.05, 0.1) is 17.6 Å². The van der Waals surface area contributed by atoms with Crippen LogP contribution in [0.15, 0.2) is 18.2 Å². The minimum atomic E-state index is 0.563. The highest BCUT2D eigenvalue weighted by atomic mass is 35.5. The lowest BCUT2D eigenvalue weighted by atomic mass is 10.3. The van der Waals surface area contributed by atoms with Crippen LogP contribution < -0.4 is 0 Å². The summed E-state index contributed by atoms with van der Waals surface area (Å²) in [4.78, 5) is 4.62. The van der Waals surface area contributed by atoms with Crippen LogP contribution in [-0.4, -0.2) is 28.6 Å². The SMILES string of the molecule is CCCCOCCn1c(CCCl)nc2cc(Cl)ccc21. The summed E-state index contributed by atoms with van der Waals surface area (Å²) in [6, 6.07) is 5.79. The second-order valence-corrected chi connectivity index (χ2v) is 5.53. The summed E-state index contributed by atoms with van der Waals surface area (Å²) in [7, 11) is 0. The molecule has 20 heavy (non-hydrogen) atoms. The average Bonchev–Trinajstić information content (AvgIpc) is 2.76. The maximum atomic E-state index is 6.02. The van der Waals surface area contributed by atoms with Crippen LogP contribution in [0.1, 0.15) is 25.6 Å². The molecule has 5 heteroatoms. The van der Waals surface area contributed by atoms with E-state index in [1.807, 2.05) is 18.2 Å². The van der Waals surface area contributed by atoms with Crippen molar-refractivity contribution in [2.24, 2.45) is 0 Å². The van der Waals surface area contributed by atoms with Crippen LogP contribution in [0.4, 0.5) is 0 Å². The Morgan fingerprint density at radius 3 is 2.90 bits per heavy atom. The number of unbranched alkanes of at least 4 members (excludes halogenated alkanes) is 1. The lowest BCUT2D eigenvalue weighted by Gasteiger charge is -2.09. The molecule has 1 heterocycles. The molecule has 110 valence electrons. The van der Waals surface area contributed by atoms with Crippen LogP contribution >= 0.6 is 23.2 Å². The summed E-state index contributed by atoms with van der Waals surface area (Å²) in [5.41, 5.74) is 2.01. The summed E-state index contributed by atoms with van der Waals surface area (Å²) >= 11 is 11.9. The second-order valence-electron chi connectivity index (χ2n) is 4.72. The minimum absolute atomic E-state index is 0.563. The Morgan fingerprint density at radius 2 is 2.15 bits per heavy atom. The number of rotatable bonds is 8. The van der Waals surface area contributed by atoms with E-state index in [0.717, 1.165) is 49.3 Å². The molecule has 0 radical (unpaired) electrons. The molecule has 0 aliphatic carbocycles. The fourth-order valence-corrected chi connectivity index (χ4v) is 2.52. The van der Waals surface area contributed by atoms with Crippen molar-refractivity contribution in [2.75, 3.05) is 19.1 Å². The number of aryl methyl sites for hydroxylation is 1. The lowest BCUT2D eigenvalue weighted by Crippen LogP contribution is -2.10. The third kappa shape index (κ3) is 3.87. The molecule has 0 saturated heterocycles. The van der Waals surface area contributed by atoms with Gasteiger partial charge in [0.2, 0.25) is 0 Å². The molecule has 0 fully saturated rings. The maximum absolute atomic E-state index is 6.02. The van der Waals surface area contributed by atoms with Gasteiger partial charge < -0.3 is 9.30 Å². The Balaban J connectivity index is 2.13. The Morgan fingerprint density at radius 1 is 1.30 bits per heavy atom. The van der Waals surface area contributed by atoms with Gasteiger partial charge in [-0.25, -0.2) is 4.98 Å². The Labute approximate surface area is 129 Å². The van der Waals surface area contributed by atoms with Gasteiger partial charge in [-0.3, -0.25) is 0 Å². The average molecular weight is 315 g/mol. The normalized spacial score (nSPS) is 11.3. The lowest BCUT2D eigenvalue weighted by molar-refractivity contribution is 0.123. The third-order valence-electron chi connectivity index (χ3n) is 3.21. The van der Waals surface area contributed by atoms with Crippen molar-refractivity contribution in [3.05, 3.63) is 29.0 Å². The maximum Gasteiger partial charge on any atom is 0.111 e. The Kier molecular flexibility index (Phi) is 6.14. The topological polar surface area (TPSA) is 27.1 Å². The van der Waals surface area contributed by atoms with Crippen molar-refractivity contribution >= 4 is 34.2 Å². The fraction of sp³-hybridized carbons (Fsp3) is 0.533. The van der Waals surface area contributed by atoms with Gasteiger partial charge in [-0.2, -0.15) is 0 Å². The van der Waals surface area contributed by atoms with E-state index in [-0.39, 0.29) is 0 Å². The van der Waals surface area contributed by atoms with Gasteiger partial charge in [0.15, 0.2) is 0 Å². The number of hydrogen-bond acceptors (Lipinski definition) is 2. The Hall–Kier alpha value is -0.770. The smallest absolute Gasteiger partial charge is 0.111 e. The van der Waals surface area contributed by atoms with Crippen LogP contribution in [0, 0.1) is 0 Å². The number of benzene rings is 1. The van der Waals surface area contributed by atoms with Gasteiger partial charge >= 0.3 is 0 Å². The number of imidazole rings is 1. The summed E-state index contributed by atoms with van der Waals surface area (Å²) < 4.78 is 7.83. The van der Waals surface area contributed by atoms with Gasteiger partial charge in [-0.05, 0) is 24.6 Å². The molecule has 1 aromatic heterocycles. The van der Waals surface area contributed by atoms with E-state index in [4.69, 9.17) is 27.9 Å². The van der Waals surface area contributed by atoms with E-state index in [2.05, 4.69) is 16.5 Å². The van der Waals surface area contributed by atoms with Crippen molar-refractivity contribution in [1.29, 1.82) is 0 Å². The molecule has 1 aromatic carbocycles. The van der Waals surface area contributed by atoms with E-state index >= 15 is 0 Å². The summed E-state index contributed by atoms with van der Waals surface area (Å²) in [6.45, 7) is 4.48. The van der Waals surface area contributed by atoms with Gasteiger partial charge in [0.1, 0.15) is 5.82 Å². The molecule has 0 spiro atoms. The number of fused-ring (bicyclic) bond motifs is 1. The molecule has 0 bridgehead atoms. The van der Waals surface area contributed by atoms with Crippen molar-refractivity contribution in [1.82, 2.24) is 9.55 Å². The zero-order valence-corrected chi connectivity index (χ0v) is 13.3. The summed E-state index contributed by atoms with van der Waals surface area (Å²) in [6.07, 6.45) is 3.02. The number of nitrogens with zero attached hydrogens (tertiary/aromatic N) is 2. The van der Waals surface area contributed by atoms with Crippen LogP contribution in [0.25, 0.3) is 11.0 Å². The number of alkyl halides is 1. The van der Waals surface area contributed by atoms with Crippen molar-refractivity contribution in [3.8, 4) is 0 Å². The monoisotopic (exact) mass is 314 g/mol. The molecule has 2 rings (SSSR count). The van der Waals surface area contributed by atoms with E-state index in [9.17, 15) is 0 Å². The highest BCUT2D eigenvalue weighted by Gasteiger charge is 2.10. The first kappa shape index (κ1) is 15.6. The molecule has 3 nitrogen and oxygen atoms in total. The zero-order valence-electron chi connectivity index (χ0n) is 11.7. The zero-order chi connectivity index (χ0) is 14.4. The van der Waals surface area contributed by atoms with Crippen molar-refractivity contribution < 1.29 is 4.74 Å². The van der Waals surface area contributed by atoms with Crippen LogP contribution in [-0.2, 0) is 17.7 Å². The molecule has 0 unspecified atom stereocenters. The molecule has 0 N–H and O–H groups in total.